The Hall–Kier alpha value is -1.33. The molecule has 9 nitrogen and oxygen atoms in total. The van der Waals surface area contributed by atoms with Crippen LogP contribution in [0.4, 0.5) is 5.82 Å². The van der Waals surface area contributed by atoms with Gasteiger partial charge in [0.1, 0.15) is 0 Å². The number of hydrogen-bond acceptors (Lipinski definition) is 7. The van der Waals surface area contributed by atoms with Crippen molar-refractivity contribution < 1.29 is 13.2 Å². The van der Waals surface area contributed by atoms with Gasteiger partial charge in [-0.1, -0.05) is 5.21 Å². The summed E-state index contributed by atoms with van der Waals surface area (Å²) in [6.07, 6.45) is 1.72. The van der Waals surface area contributed by atoms with Crippen LogP contribution >= 0.6 is 12.6 Å². The summed E-state index contributed by atoms with van der Waals surface area (Å²) in [5, 5.41) is 7.28. The summed E-state index contributed by atoms with van der Waals surface area (Å²) in [7, 11) is -3.34. The molecule has 1 fully saturated rings. The van der Waals surface area contributed by atoms with Gasteiger partial charge < -0.3 is 11.5 Å². The van der Waals surface area contributed by atoms with E-state index in [0.29, 0.717) is 13.0 Å². The first-order chi connectivity index (χ1) is 9.20. The second kappa shape index (κ2) is 5.22. The van der Waals surface area contributed by atoms with Crippen LogP contribution in [0.2, 0.25) is 0 Å². The van der Waals surface area contributed by atoms with Crippen LogP contribution in [0.3, 0.4) is 0 Å². The van der Waals surface area contributed by atoms with Gasteiger partial charge in [0.25, 0.3) is 5.91 Å². The molecule has 0 aliphatic carbocycles. The van der Waals surface area contributed by atoms with Crippen molar-refractivity contribution in [3.8, 4) is 0 Å². The lowest BCUT2D eigenvalue weighted by molar-refractivity contribution is 0.0996. The molecule has 4 N–H and O–H groups in total. The Labute approximate surface area is 121 Å². The number of thiol groups is 1. The molecular weight excluding hydrogens is 304 g/mol. The van der Waals surface area contributed by atoms with Crippen molar-refractivity contribution in [2.24, 2.45) is 5.73 Å². The standard InChI is InChI=1S/C9H16N6O3S2/c1-20(17,18)15-4-6(19)2-5(15)3-14-8(10)7(9(11)16)12-13-14/h5-6,19H,2-4,10H2,1H3,(H2,11,16)/t5-,6+/m0/s1. The van der Waals surface area contributed by atoms with E-state index in [1.165, 1.54) is 8.99 Å². The zero-order chi connectivity index (χ0) is 15.1. The molecule has 1 aromatic heterocycles. The molecule has 1 saturated heterocycles. The predicted octanol–water partition coefficient (Wildman–Crippen LogP) is -1.71. The SMILES string of the molecule is CS(=O)(=O)N1C[C@H](S)C[C@H]1Cn1nnc(C(N)=O)c1N. The first-order valence-corrected chi connectivity index (χ1v) is 8.20. The van der Waals surface area contributed by atoms with Crippen molar-refractivity contribution in [1.29, 1.82) is 0 Å². The van der Waals surface area contributed by atoms with E-state index >= 15 is 0 Å². The number of nitrogen functional groups attached to an aromatic ring is 1. The lowest BCUT2D eigenvalue weighted by Crippen LogP contribution is -2.37. The second-order valence-corrected chi connectivity index (χ2v) is 7.41. The van der Waals surface area contributed by atoms with Crippen molar-refractivity contribution in [3.05, 3.63) is 5.69 Å². The van der Waals surface area contributed by atoms with E-state index in [1.54, 1.807) is 0 Å². The first-order valence-electron chi connectivity index (χ1n) is 5.83. The maximum Gasteiger partial charge on any atom is 0.273 e. The molecule has 2 rings (SSSR count). The Morgan fingerprint density at radius 3 is 2.70 bits per heavy atom. The number of rotatable bonds is 4. The van der Waals surface area contributed by atoms with Gasteiger partial charge in [0.15, 0.2) is 11.5 Å². The van der Waals surface area contributed by atoms with Crippen molar-refractivity contribution in [1.82, 2.24) is 19.3 Å². The molecule has 20 heavy (non-hydrogen) atoms. The molecule has 0 bridgehead atoms. The molecule has 11 heteroatoms. The minimum absolute atomic E-state index is 0.0357. The number of anilines is 1. The Bertz CT molecular complexity index is 628. The monoisotopic (exact) mass is 320 g/mol. The summed E-state index contributed by atoms with van der Waals surface area (Å²) >= 11 is 4.32. The summed E-state index contributed by atoms with van der Waals surface area (Å²) in [6, 6.07) is -0.322. The van der Waals surface area contributed by atoms with Gasteiger partial charge in [0.05, 0.1) is 12.8 Å². The Morgan fingerprint density at radius 1 is 1.55 bits per heavy atom. The Morgan fingerprint density at radius 2 is 2.20 bits per heavy atom. The van der Waals surface area contributed by atoms with Gasteiger partial charge in [-0.3, -0.25) is 4.79 Å². The van der Waals surface area contributed by atoms with Crippen molar-refractivity contribution in [2.45, 2.75) is 24.3 Å². The fourth-order valence-corrected chi connectivity index (χ4v) is 3.94. The number of carbonyl (C=O) groups excluding carboxylic acids is 1. The van der Waals surface area contributed by atoms with Gasteiger partial charge in [-0.15, -0.1) is 5.10 Å². The number of nitrogens with two attached hydrogens (primary N) is 2. The third kappa shape index (κ3) is 2.88. The number of nitrogens with zero attached hydrogens (tertiary/aromatic N) is 4. The second-order valence-electron chi connectivity index (χ2n) is 4.75. The molecule has 112 valence electrons. The van der Waals surface area contributed by atoms with Crippen LogP contribution in [0, 0.1) is 0 Å². The highest BCUT2D eigenvalue weighted by Gasteiger charge is 2.36. The largest absolute Gasteiger partial charge is 0.382 e. The molecule has 0 radical (unpaired) electrons. The maximum atomic E-state index is 11.7. The third-order valence-corrected chi connectivity index (χ3v) is 4.83. The zero-order valence-corrected chi connectivity index (χ0v) is 12.5. The Balaban J connectivity index is 2.23. The van der Waals surface area contributed by atoms with Gasteiger partial charge >= 0.3 is 0 Å². The summed E-state index contributed by atoms with van der Waals surface area (Å²) in [4.78, 5) is 11.1. The smallest absolute Gasteiger partial charge is 0.273 e. The molecule has 1 aliphatic heterocycles. The van der Waals surface area contributed by atoms with Crippen LogP contribution in [-0.4, -0.2) is 57.7 Å². The van der Waals surface area contributed by atoms with Gasteiger partial charge in [0.2, 0.25) is 10.0 Å². The average Bonchev–Trinajstić information content (AvgIpc) is 2.83. The summed E-state index contributed by atoms with van der Waals surface area (Å²) in [6.45, 7) is 0.542. The van der Waals surface area contributed by atoms with E-state index in [9.17, 15) is 13.2 Å². The van der Waals surface area contributed by atoms with Gasteiger partial charge in [-0.2, -0.15) is 16.9 Å². The number of hydrogen-bond donors (Lipinski definition) is 3. The van der Waals surface area contributed by atoms with Crippen LogP contribution < -0.4 is 11.5 Å². The highest BCUT2D eigenvalue weighted by atomic mass is 32.2. The molecule has 1 aromatic rings. The molecule has 0 unspecified atom stereocenters. The van der Waals surface area contributed by atoms with E-state index in [1.807, 2.05) is 0 Å². The maximum absolute atomic E-state index is 11.7. The van der Waals surface area contributed by atoms with Gasteiger partial charge in [-0.25, -0.2) is 13.1 Å². The molecule has 2 atom stereocenters. The molecule has 1 aliphatic rings. The van der Waals surface area contributed by atoms with Crippen LogP contribution in [0.5, 0.6) is 0 Å². The summed E-state index contributed by atoms with van der Waals surface area (Å²) < 4.78 is 26.1. The van der Waals surface area contributed by atoms with Crippen LogP contribution in [-0.2, 0) is 16.6 Å². The molecule has 2 heterocycles. The van der Waals surface area contributed by atoms with E-state index in [4.69, 9.17) is 11.5 Å². The molecular formula is C9H16N6O3S2. The third-order valence-electron chi connectivity index (χ3n) is 3.16. The predicted molar refractivity (Wildman–Crippen MR) is 75.7 cm³/mol. The minimum Gasteiger partial charge on any atom is -0.382 e. The number of carbonyl (C=O) groups is 1. The van der Waals surface area contributed by atoms with Crippen LogP contribution in [0.1, 0.15) is 16.9 Å². The number of aromatic nitrogens is 3. The van der Waals surface area contributed by atoms with Crippen LogP contribution in [0.25, 0.3) is 0 Å². The zero-order valence-electron chi connectivity index (χ0n) is 10.8. The van der Waals surface area contributed by atoms with Crippen LogP contribution in [0.15, 0.2) is 0 Å². The molecule has 0 aromatic carbocycles. The number of primary amides is 1. The van der Waals surface area contributed by atoms with E-state index in [2.05, 4.69) is 22.9 Å². The topological polar surface area (TPSA) is 137 Å². The Kier molecular flexibility index (Phi) is 3.93. The van der Waals surface area contributed by atoms with Crippen molar-refractivity contribution in [3.63, 3.8) is 0 Å². The average molecular weight is 320 g/mol. The van der Waals surface area contributed by atoms with Gasteiger partial charge in [0, 0.05) is 17.8 Å². The quantitative estimate of drug-likeness (QED) is 0.565. The minimum atomic E-state index is -3.34. The fraction of sp³-hybridized carbons (Fsp3) is 0.667. The normalized spacial score (nSPS) is 24.1. The summed E-state index contributed by atoms with van der Waals surface area (Å²) in [5.74, 6) is -0.735. The molecule has 1 amide bonds. The van der Waals surface area contributed by atoms with Crippen molar-refractivity contribution >= 4 is 34.4 Å². The highest BCUT2D eigenvalue weighted by Crippen LogP contribution is 2.26. The fourth-order valence-electron chi connectivity index (χ4n) is 2.27. The highest BCUT2D eigenvalue weighted by molar-refractivity contribution is 7.88. The van der Waals surface area contributed by atoms with E-state index in [-0.39, 0.29) is 29.3 Å². The number of amides is 1. The lowest BCUT2D eigenvalue weighted by atomic mass is 10.2. The summed E-state index contributed by atoms with van der Waals surface area (Å²) in [5.41, 5.74) is 10.7. The van der Waals surface area contributed by atoms with E-state index < -0.39 is 15.9 Å². The van der Waals surface area contributed by atoms with Crippen molar-refractivity contribution in [2.75, 3.05) is 18.5 Å². The van der Waals surface area contributed by atoms with Gasteiger partial charge in [-0.05, 0) is 6.42 Å². The van der Waals surface area contributed by atoms with E-state index in [0.717, 1.165) is 6.26 Å². The molecule has 0 saturated carbocycles. The lowest BCUT2D eigenvalue weighted by Gasteiger charge is -2.21. The first kappa shape index (κ1) is 15.1. The molecule has 0 spiro atoms. The number of sulfonamides is 1.